The first-order valence-electron chi connectivity index (χ1n) is 6.03. The second-order valence-electron chi connectivity index (χ2n) is 4.63. The summed E-state index contributed by atoms with van der Waals surface area (Å²) in [4.78, 5) is 0.174. The van der Waals surface area contributed by atoms with Gasteiger partial charge in [-0.05, 0) is 31.2 Å². The molecule has 0 radical (unpaired) electrons. The molecule has 0 saturated heterocycles. The highest BCUT2D eigenvalue weighted by atomic mass is 32.2. The highest BCUT2D eigenvalue weighted by Gasteiger charge is 2.23. The summed E-state index contributed by atoms with van der Waals surface area (Å²) in [5.41, 5.74) is 0.739. The van der Waals surface area contributed by atoms with E-state index in [-0.39, 0.29) is 16.3 Å². The van der Waals surface area contributed by atoms with Gasteiger partial charge in [-0.15, -0.1) is 0 Å². The lowest BCUT2D eigenvalue weighted by Crippen LogP contribution is -2.32. The van der Waals surface area contributed by atoms with E-state index in [9.17, 15) is 16.8 Å². The van der Waals surface area contributed by atoms with E-state index in [4.69, 9.17) is 0 Å². The molecule has 0 unspecified atom stereocenters. The molecule has 1 rings (SSSR count). The molecule has 1 aromatic rings. The topological polar surface area (TPSA) is 71.5 Å². The van der Waals surface area contributed by atoms with Crippen molar-refractivity contribution in [3.63, 3.8) is 0 Å². The summed E-state index contributed by atoms with van der Waals surface area (Å²) in [5, 5.41) is 0. The van der Waals surface area contributed by atoms with Crippen LogP contribution in [0.3, 0.4) is 0 Å². The average molecular weight is 317 g/mol. The molecule has 0 saturated carbocycles. The fraction of sp³-hybridized carbons (Fsp3) is 0.385. The van der Waals surface area contributed by atoms with Gasteiger partial charge >= 0.3 is 0 Å². The minimum atomic E-state index is -3.63. The molecule has 0 bridgehead atoms. The van der Waals surface area contributed by atoms with E-state index in [0.29, 0.717) is 6.54 Å². The predicted octanol–water partition coefficient (Wildman–Crippen LogP) is 1.68. The number of sulfonamides is 1. The first kappa shape index (κ1) is 16.9. The quantitative estimate of drug-likeness (QED) is 0.748. The standard InChI is InChI=1S/C13H19NO4S2/c1-5-14(10-11(2)3)20(17,18)13-8-6-12(7-9-13)19(4,15)16/h6-9H,2,5,10H2,1,3-4H3. The van der Waals surface area contributed by atoms with Crippen LogP contribution in [-0.2, 0) is 19.9 Å². The molecule has 112 valence electrons. The molecule has 7 heteroatoms. The summed E-state index contributed by atoms with van der Waals surface area (Å²) < 4.78 is 48.8. The van der Waals surface area contributed by atoms with Gasteiger partial charge in [-0.1, -0.05) is 19.1 Å². The zero-order valence-electron chi connectivity index (χ0n) is 11.8. The lowest BCUT2D eigenvalue weighted by molar-refractivity contribution is 0.453. The van der Waals surface area contributed by atoms with Crippen molar-refractivity contribution in [3.8, 4) is 0 Å². The van der Waals surface area contributed by atoms with Gasteiger partial charge in [0.15, 0.2) is 9.84 Å². The van der Waals surface area contributed by atoms with Crippen molar-refractivity contribution < 1.29 is 16.8 Å². The van der Waals surface area contributed by atoms with Gasteiger partial charge in [0.1, 0.15) is 0 Å². The van der Waals surface area contributed by atoms with Crippen molar-refractivity contribution in [2.45, 2.75) is 23.6 Å². The molecule has 1 aromatic carbocycles. The smallest absolute Gasteiger partial charge is 0.224 e. The van der Waals surface area contributed by atoms with Crippen LogP contribution < -0.4 is 0 Å². The maximum Gasteiger partial charge on any atom is 0.243 e. The Hall–Kier alpha value is -1.18. The fourth-order valence-corrected chi connectivity index (χ4v) is 3.81. The molecular formula is C13H19NO4S2. The first-order valence-corrected chi connectivity index (χ1v) is 9.37. The van der Waals surface area contributed by atoms with Gasteiger partial charge in [-0.25, -0.2) is 16.8 Å². The summed E-state index contributed by atoms with van der Waals surface area (Å²) in [6.45, 7) is 7.77. The molecule has 0 fully saturated rings. The van der Waals surface area contributed by atoms with E-state index in [2.05, 4.69) is 6.58 Å². The van der Waals surface area contributed by atoms with Crippen LogP contribution in [0.1, 0.15) is 13.8 Å². The van der Waals surface area contributed by atoms with E-state index in [1.807, 2.05) is 0 Å². The molecular weight excluding hydrogens is 298 g/mol. The van der Waals surface area contributed by atoms with Crippen LogP contribution in [0.25, 0.3) is 0 Å². The molecule has 0 amide bonds. The lowest BCUT2D eigenvalue weighted by Gasteiger charge is -2.20. The Balaban J connectivity index is 3.19. The Kier molecular flexibility index (Phi) is 5.12. The Morgan fingerprint density at radius 2 is 1.55 bits per heavy atom. The van der Waals surface area contributed by atoms with Gasteiger partial charge in [0.05, 0.1) is 9.79 Å². The molecule has 0 spiro atoms. The Morgan fingerprint density at radius 3 is 1.90 bits per heavy atom. The van der Waals surface area contributed by atoms with Gasteiger partial charge in [0.2, 0.25) is 10.0 Å². The van der Waals surface area contributed by atoms with Crippen molar-refractivity contribution in [2.24, 2.45) is 0 Å². The summed E-state index contributed by atoms with van der Waals surface area (Å²) in [7, 11) is -6.96. The van der Waals surface area contributed by atoms with Crippen LogP contribution in [0.15, 0.2) is 46.2 Å². The van der Waals surface area contributed by atoms with Crippen LogP contribution in [0.5, 0.6) is 0 Å². The van der Waals surface area contributed by atoms with Crippen molar-refractivity contribution in [1.82, 2.24) is 4.31 Å². The first-order chi connectivity index (χ1) is 9.09. The lowest BCUT2D eigenvalue weighted by atomic mass is 10.3. The Bertz CT molecular complexity index is 688. The van der Waals surface area contributed by atoms with Gasteiger partial charge in [0, 0.05) is 19.3 Å². The maximum atomic E-state index is 12.4. The van der Waals surface area contributed by atoms with Crippen LogP contribution in [-0.4, -0.2) is 40.5 Å². The summed E-state index contributed by atoms with van der Waals surface area (Å²) in [6, 6.07) is 5.23. The minimum absolute atomic E-state index is 0.0769. The van der Waals surface area contributed by atoms with Crippen LogP contribution in [0.2, 0.25) is 0 Å². The van der Waals surface area contributed by atoms with Crippen molar-refractivity contribution in [3.05, 3.63) is 36.4 Å². The predicted molar refractivity (Wildman–Crippen MR) is 78.8 cm³/mol. The molecule has 0 heterocycles. The second-order valence-corrected chi connectivity index (χ2v) is 8.59. The number of nitrogens with zero attached hydrogens (tertiary/aromatic N) is 1. The zero-order valence-corrected chi connectivity index (χ0v) is 13.5. The molecule has 0 aliphatic carbocycles. The molecule has 5 nitrogen and oxygen atoms in total. The van der Waals surface area contributed by atoms with Crippen LogP contribution in [0.4, 0.5) is 0 Å². The van der Waals surface area contributed by atoms with Crippen molar-refractivity contribution >= 4 is 19.9 Å². The Morgan fingerprint density at radius 1 is 1.10 bits per heavy atom. The number of rotatable bonds is 6. The number of sulfone groups is 1. The molecule has 20 heavy (non-hydrogen) atoms. The normalized spacial score (nSPS) is 12.6. The number of hydrogen-bond acceptors (Lipinski definition) is 4. The summed E-state index contributed by atoms with van der Waals surface area (Å²) in [6.07, 6.45) is 1.08. The summed E-state index contributed by atoms with van der Waals surface area (Å²) in [5.74, 6) is 0. The van der Waals surface area contributed by atoms with Crippen LogP contribution >= 0.6 is 0 Å². The third kappa shape index (κ3) is 3.91. The second kappa shape index (κ2) is 6.07. The van der Waals surface area contributed by atoms with Gasteiger partial charge < -0.3 is 0 Å². The van der Waals surface area contributed by atoms with E-state index < -0.39 is 19.9 Å². The molecule has 0 aliphatic heterocycles. The van der Waals surface area contributed by atoms with Crippen molar-refractivity contribution in [2.75, 3.05) is 19.3 Å². The number of benzene rings is 1. The molecule has 0 atom stereocenters. The zero-order chi connectivity index (χ0) is 15.6. The van der Waals surface area contributed by atoms with E-state index in [1.54, 1.807) is 13.8 Å². The van der Waals surface area contributed by atoms with Crippen LogP contribution in [0, 0.1) is 0 Å². The summed E-state index contributed by atoms with van der Waals surface area (Å²) >= 11 is 0. The third-order valence-electron chi connectivity index (χ3n) is 2.69. The monoisotopic (exact) mass is 317 g/mol. The van der Waals surface area contributed by atoms with Gasteiger partial charge in [-0.2, -0.15) is 4.31 Å². The number of likely N-dealkylation sites (N-methyl/N-ethyl adjacent to an activating group) is 1. The van der Waals surface area contributed by atoms with E-state index >= 15 is 0 Å². The average Bonchev–Trinajstić information content (AvgIpc) is 2.34. The maximum absolute atomic E-state index is 12.4. The fourth-order valence-electron chi connectivity index (χ4n) is 1.68. The number of hydrogen-bond donors (Lipinski definition) is 0. The molecule has 0 aliphatic rings. The van der Waals surface area contributed by atoms with Crippen molar-refractivity contribution in [1.29, 1.82) is 0 Å². The molecule has 0 aromatic heterocycles. The Labute approximate surface area is 120 Å². The molecule has 0 N–H and O–H groups in total. The van der Waals surface area contributed by atoms with Gasteiger partial charge in [-0.3, -0.25) is 0 Å². The SMILES string of the molecule is C=C(C)CN(CC)S(=O)(=O)c1ccc(S(C)(=O)=O)cc1. The van der Waals surface area contributed by atoms with E-state index in [0.717, 1.165) is 11.8 Å². The largest absolute Gasteiger partial charge is 0.243 e. The van der Waals surface area contributed by atoms with Gasteiger partial charge in [0.25, 0.3) is 0 Å². The minimum Gasteiger partial charge on any atom is -0.224 e. The van der Waals surface area contributed by atoms with E-state index in [1.165, 1.54) is 28.6 Å². The highest BCUT2D eigenvalue weighted by molar-refractivity contribution is 7.90. The third-order valence-corrected chi connectivity index (χ3v) is 5.75. The highest BCUT2D eigenvalue weighted by Crippen LogP contribution is 2.19.